The molecule has 4 nitrogen and oxygen atoms in total. The molecule has 0 rings (SSSR count). The van der Waals surface area contributed by atoms with Crippen LogP contribution in [0.2, 0.25) is 0 Å². The van der Waals surface area contributed by atoms with Crippen LogP contribution in [0.4, 0.5) is 0 Å². The molecule has 0 aliphatic heterocycles. The minimum Gasteiger partial charge on any atom is -0.461 e. The normalized spacial score (nSPS) is 15.3. The zero-order valence-electron chi connectivity index (χ0n) is 6.92. The van der Waals surface area contributed by atoms with Crippen LogP contribution in [0.5, 0.6) is 0 Å². The maximum absolute atomic E-state index is 10.9. The first kappa shape index (κ1) is 9.92. The number of rotatable bonds is 2. The quantitative estimate of drug-likeness (QED) is 0.578. The van der Waals surface area contributed by atoms with Crippen molar-refractivity contribution in [3.8, 4) is 6.07 Å². The Balaban J connectivity index is 4.17. The minimum absolute atomic E-state index is 0.237. The van der Waals surface area contributed by atoms with E-state index < -0.39 is 11.5 Å². The Bertz CT molecular complexity index is 191. The summed E-state index contributed by atoms with van der Waals surface area (Å²) >= 11 is 0. The number of nitrogens with two attached hydrogens (primary N) is 1. The fourth-order valence-electron chi connectivity index (χ4n) is 0.382. The highest BCUT2D eigenvalue weighted by atomic mass is 16.5. The Labute approximate surface area is 65.9 Å². The van der Waals surface area contributed by atoms with Gasteiger partial charge in [-0.25, -0.2) is 4.79 Å². The number of carbonyl (C=O) groups is 1. The van der Waals surface area contributed by atoms with E-state index in [2.05, 4.69) is 0 Å². The third-order valence-corrected chi connectivity index (χ3v) is 0.999. The molecule has 0 fully saturated rings. The Morgan fingerprint density at radius 3 is 2.45 bits per heavy atom. The lowest BCUT2D eigenvalue weighted by Crippen LogP contribution is -2.45. The van der Waals surface area contributed by atoms with Gasteiger partial charge in [-0.1, -0.05) is 0 Å². The number of ether oxygens (including phenoxy) is 1. The molecule has 4 heteroatoms. The van der Waals surface area contributed by atoms with Crippen molar-refractivity contribution >= 4 is 5.97 Å². The standard InChI is InChI=1S/C7H12N2O2/c1-5(2)11-6(10)7(3,9)4-8/h5H,9H2,1-3H3. The highest BCUT2D eigenvalue weighted by molar-refractivity contribution is 5.83. The summed E-state index contributed by atoms with van der Waals surface area (Å²) < 4.78 is 4.72. The number of esters is 1. The Morgan fingerprint density at radius 1 is 1.73 bits per heavy atom. The Kier molecular flexibility index (Phi) is 3.02. The molecule has 0 aliphatic carbocycles. The molecule has 0 aromatic heterocycles. The van der Waals surface area contributed by atoms with E-state index in [1.165, 1.54) is 6.92 Å². The third-order valence-electron chi connectivity index (χ3n) is 0.999. The number of carbonyl (C=O) groups excluding carboxylic acids is 1. The van der Waals surface area contributed by atoms with Gasteiger partial charge in [0.1, 0.15) is 0 Å². The van der Waals surface area contributed by atoms with Gasteiger partial charge in [0.25, 0.3) is 0 Å². The highest BCUT2D eigenvalue weighted by Gasteiger charge is 2.30. The second-order valence-electron chi connectivity index (χ2n) is 2.77. The largest absolute Gasteiger partial charge is 0.461 e. The van der Waals surface area contributed by atoms with Gasteiger partial charge >= 0.3 is 5.97 Å². The fourth-order valence-corrected chi connectivity index (χ4v) is 0.382. The van der Waals surface area contributed by atoms with Crippen LogP contribution in [-0.4, -0.2) is 17.6 Å². The van der Waals surface area contributed by atoms with E-state index in [0.29, 0.717) is 0 Å². The molecule has 0 aromatic rings. The van der Waals surface area contributed by atoms with Crippen molar-refractivity contribution in [3.63, 3.8) is 0 Å². The summed E-state index contributed by atoms with van der Waals surface area (Å²) in [4.78, 5) is 10.9. The molecule has 0 saturated carbocycles. The minimum atomic E-state index is -1.52. The van der Waals surface area contributed by atoms with Crippen LogP contribution >= 0.6 is 0 Å². The number of nitrogens with zero attached hydrogens (tertiary/aromatic N) is 1. The second-order valence-corrected chi connectivity index (χ2v) is 2.77. The molecule has 1 atom stereocenters. The van der Waals surface area contributed by atoms with Gasteiger partial charge in [0, 0.05) is 0 Å². The molecule has 0 radical (unpaired) electrons. The maximum atomic E-state index is 10.9. The van der Waals surface area contributed by atoms with Gasteiger partial charge in [-0.05, 0) is 20.8 Å². The monoisotopic (exact) mass is 156 g/mol. The van der Waals surface area contributed by atoms with Gasteiger partial charge in [0.05, 0.1) is 12.2 Å². The molecule has 0 spiro atoms. The Morgan fingerprint density at radius 2 is 2.18 bits per heavy atom. The van der Waals surface area contributed by atoms with Crippen molar-refractivity contribution in [2.24, 2.45) is 5.73 Å². The van der Waals surface area contributed by atoms with Crippen LogP contribution in [0.3, 0.4) is 0 Å². The first-order valence-electron chi connectivity index (χ1n) is 3.31. The summed E-state index contributed by atoms with van der Waals surface area (Å²) in [5, 5.41) is 8.40. The average molecular weight is 156 g/mol. The molecule has 2 N–H and O–H groups in total. The van der Waals surface area contributed by atoms with Gasteiger partial charge in [0.2, 0.25) is 0 Å². The lowest BCUT2D eigenvalue weighted by Gasteiger charge is -2.15. The highest BCUT2D eigenvalue weighted by Crippen LogP contribution is 2.02. The lowest BCUT2D eigenvalue weighted by atomic mass is 10.1. The van der Waals surface area contributed by atoms with E-state index in [9.17, 15) is 4.79 Å². The van der Waals surface area contributed by atoms with Crippen LogP contribution < -0.4 is 5.73 Å². The van der Waals surface area contributed by atoms with E-state index >= 15 is 0 Å². The zero-order valence-corrected chi connectivity index (χ0v) is 6.92. The predicted octanol–water partition coefficient (Wildman–Crippen LogP) is 0.179. The molecular formula is C7H12N2O2. The van der Waals surface area contributed by atoms with E-state index in [4.69, 9.17) is 15.7 Å². The van der Waals surface area contributed by atoms with Crippen LogP contribution in [-0.2, 0) is 9.53 Å². The van der Waals surface area contributed by atoms with Crippen molar-refractivity contribution in [2.45, 2.75) is 32.4 Å². The summed E-state index contributed by atoms with van der Waals surface area (Å²) in [5.74, 6) is -0.685. The van der Waals surface area contributed by atoms with Crippen molar-refractivity contribution in [3.05, 3.63) is 0 Å². The number of nitriles is 1. The average Bonchev–Trinajstić information content (AvgIpc) is 1.86. The number of hydrogen-bond acceptors (Lipinski definition) is 4. The summed E-state index contributed by atoms with van der Waals surface area (Å²) in [7, 11) is 0. The second kappa shape index (κ2) is 3.35. The molecule has 0 heterocycles. The molecule has 0 bridgehead atoms. The van der Waals surface area contributed by atoms with Crippen LogP contribution in [0, 0.1) is 11.3 Å². The molecule has 0 aromatic carbocycles. The maximum Gasteiger partial charge on any atom is 0.340 e. The number of hydrogen-bond donors (Lipinski definition) is 1. The Hall–Kier alpha value is -1.08. The SMILES string of the molecule is CC(C)OC(=O)C(C)(N)C#N. The van der Waals surface area contributed by atoms with Crippen LogP contribution in [0.25, 0.3) is 0 Å². The van der Waals surface area contributed by atoms with Gasteiger partial charge in [0.15, 0.2) is 5.54 Å². The topological polar surface area (TPSA) is 76.1 Å². The summed E-state index contributed by atoms with van der Waals surface area (Å²) in [6.45, 7) is 4.72. The molecule has 1 unspecified atom stereocenters. The van der Waals surface area contributed by atoms with Crippen molar-refractivity contribution in [2.75, 3.05) is 0 Å². The zero-order chi connectivity index (χ0) is 9.07. The van der Waals surface area contributed by atoms with E-state index in [1.807, 2.05) is 0 Å². The van der Waals surface area contributed by atoms with E-state index in [1.54, 1.807) is 19.9 Å². The van der Waals surface area contributed by atoms with Crippen LogP contribution in [0.15, 0.2) is 0 Å². The third kappa shape index (κ3) is 3.01. The van der Waals surface area contributed by atoms with Crippen LogP contribution in [0.1, 0.15) is 20.8 Å². The lowest BCUT2D eigenvalue weighted by molar-refractivity contribution is -0.151. The first-order chi connectivity index (χ1) is 4.90. The molecule has 0 amide bonds. The van der Waals surface area contributed by atoms with Gasteiger partial charge in [-0.2, -0.15) is 5.26 Å². The van der Waals surface area contributed by atoms with Crippen molar-refractivity contribution in [1.29, 1.82) is 5.26 Å². The molecule has 11 heavy (non-hydrogen) atoms. The van der Waals surface area contributed by atoms with Gasteiger partial charge < -0.3 is 10.5 Å². The molecule has 0 aliphatic rings. The smallest absolute Gasteiger partial charge is 0.340 e. The first-order valence-corrected chi connectivity index (χ1v) is 3.31. The summed E-state index contributed by atoms with van der Waals surface area (Å²) in [6, 6.07) is 1.65. The van der Waals surface area contributed by atoms with Gasteiger partial charge in [-0.3, -0.25) is 0 Å². The van der Waals surface area contributed by atoms with Crippen molar-refractivity contribution in [1.82, 2.24) is 0 Å². The van der Waals surface area contributed by atoms with Crippen molar-refractivity contribution < 1.29 is 9.53 Å². The summed E-state index contributed by atoms with van der Waals surface area (Å²) in [6.07, 6.45) is -0.237. The summed E-state index contributed by atoms with van der Waals surface area (Å²) in [5.41, 5.74) is 3.75. The van der Waals surface area contributed by atoms with E-state index in [0.717, 1.165) is 0 Å². The van der Waals surface area contributed by atoms with E-state index in [-0.39, 0.29) is 6.10 Å². The van der Waals surface area contributed by atoms with Gasteiger partial charge in [-0.15, -0.1) is 0 Å². The predicted molar refractivity (Wildman–Crippen MR) is 39.4 cm³/mol. The molecule has 62 valence electrons. The fraction of sp³-hybridized carbons (Fsp3) is 0.714. The molecule has 0 saturated heterocycles. The molecular weight excluding hydrogens is 144 g/mol.